The van der Waals surface area contributed by atoms with Crippen LogP contribution in [-0.4, -0.2) is 50.6 Å². The van der Waals surface area contributed by atoms with Gasteiger partial charge in [-0.15, -0.1) is 0 Å². The summed E-state index contributed by atoms with van der Waals surface area (Å²) in [6, 6.07) is 6.70. The Morgan fingerprint density at radius 2 is 1.90 bits per heavy atom. The Balaban J connectivity index is 0.00000320. The van der Waals surface area contributed by atoms with Gasteiger partial charge in [-0.1, -0.05) is 27.3 Å². The summed E-state index contributed by atoms with van der Waals surface area (Å²) in [6.45, 7) is 7.73. The largest absolute Gasteiger partial charge is 0.466 e. The SMILES string of the molecule is C.CCOC(=O)CCCN(C)c1ccc2c(c1)C(C)(C)C1=CC(=[N+](C)C)C=CC1=C2. The highest BCUT2D eigenvalue weighted by Gasteiger charge is 2.35. The number of esters is 1. The Morgan fingerprint density at radius 3 is 2.57 bits per heavy atom. The van der Waals surface area contributed by atoms with Crippen molar-refractivity contribution in [1.82, 2.24) is 0 Å². The van der Waals surface area contributed by atoms with E-state index in [1.165, 1.54) is 33.7 Å². The van der Waals surface area contributed by atoms with Crippen LogP contribution >= 0.6 is 0 Å². The molecule has 0 aliphatic heterocycles. The van der Waals surface area contributed by atoms with E-state index in [0.29, 0.717) is 13.0 Å². The smallest absolute Gasteiger partial charge is 0.305 e. The molecular weight excluding hydrogens is 372 g/mol. The van der Waals surface area contributed by atoms with Crippen molar-refractivity contribution in [2.75, 3.05) is 39.2 Å². The quantitative estimate of drug-likeness (QED) is 0.490. The average Bonchev–Trinajstić information content (AvgIpc) is 2.67. The van der Waals surface area contributed by atoms with Gasteiger partial charge in [0, 0.05) is 43.3 Å². The van der Waals surface area contributed by atoms with Gasteiger partial charge in [0.2, 0.25) is 0 Å². The summed E-state index contributed by atoms with van der Waals surface area (Å²) < 4.78 is 7.18. The minimum absolute atomic E-state index is 0. The molecule has 0 atom stereocenters. The van der Waals surface area contributed by atoms with Crippen LogP contribution in [0.2, 0.25) is 0 Å². The maximum Gasteiger partial charge on any atom is 0.305 e. The van der Waals surface area contributed by atoms with Crippen LogP contribution < -0.4 is 4.90 Å². The monoisotopic (exact) mass is 409 g/mol. The van der Waals surface area contributed by atoms with E-state index in [0.717, 1.165) is 13.0 Å². The van der Waals surface area contributed by atoms with Crippen LogP contribution in [0.1, 0.15) is 52.2 Å². The Labute approximate surface area is 182 Å². The topological polar surface area (TPSA) is 32.5 Å². The molecule has 0 heterocycles. The summed E-state index contributed by atoms with van der Waals surface area (Å²) in [5, 5.41) is 0. The minimum Gasteiger partial charge on any atom is -0.466 e. The first-order chi connectivity index (χ1) is 13.7. The van der Waals surface area contributed by atoms with Crippen LogP contribution in [0, 0.1) is 0 Å². The van der Waals surface area contributed by atoms with Crippen LogP contribution in [0.3, 0.4) is 0 Å². The molecule has 2 aliphatic rings. The molecule has 0 bridgehead atoms. The molecule has 162 valence electrons. The lowest BCUT2D eigenvalue weighted by molar-refractivity contribution is -0.462. The number of benzene rings is 1. The molecule has 1 aromatic carbocycles. The van der Waals surface area contributed by atoms with Crippen molar-refractivity contribution in [3.8, 4) is 0 Å². The van der Waals surface area contributed by atoms with Gasteiger partial charge in [-0.05, 0) is 59.9 Å². The summed E-state index contributed by atoms with van der Waals surface area (Å²) in [5.41, 5.74) is 7.61. The van der Waals surface area contributed by atoms with Gasteiger partial charge in [0.25, 0.3) is 0 Å². The summed E-state index contributed by atoms with van der Waals surface area (Å²) in [5.74, 6) is -0.115. The van der Waals surface area contributed by atoms with Crippen LogP contribution in [0.15, 0.2) is 47.6 Å². The van der Waals surface area contributed by atoms with Gasteiger partial charge in [-0.3, -0.25) is 4.79 Å². The normalized spacial score (nSPS) is 15.9. The lowest BCUT2D eigenvalue weighted by Crippen LogP contribution is -2.29. The highest BCUT2D eigenvalue weighted by Crippen LogP contribution is 2.45. The molecule has 0 radical (unpaired) electrons. The van der Waals surface area contributed by atoms with Gasteiger partial charge >= 0.3 is 5.97 Å². The molecule has 0 N–H and O–H groups in total. The highest BCUT2D eigenvalue weighted by molar-refractivity contribution is 6.04. The van der Waals surface area contributed by atoms with E-state index in [-0.39, 0.29) is 18.8 Å². The molecule has 4 heteroatoms. The van der Waals surface area contributed by atoms with E-state index in [2.05, 4.69) is 87.0 Å². The number of nitrogens with zero attached hydrogens (tertiary/aromatic N) is 2. The van der Waals surface area contributed by atoms with Crippen molar-refractivity contribution in [1.29, 1.82) is 0 Å². The van der Waals surface area contributed by atoms with Crippen molar-refractivity contribution < 1.29 is 14.1 Å². The Bertz CT molecular complexity index is 928. The Morgan fingerprint density at radius 1 is 1.17 bits per heavy atom. The van der Waals surface area contributed by atoms with Gasteiger partial charge in [0.05, 0.1) is 6.61 Å². The van der Waals surface area contributed by atoms with E-state index in [1.54, 1.807) is 0 Å². The molecule has 0 fully saturated rings. The van der Waals surface area contributed by atoms with Crippen LogP contribution in [0.25, 0.3) is 6.08 Å². The van der Waals surface area contributed by atoms with Crippen LogP contribution in [0.5, 0.6) is 0 Å². The third-order valence-corrected chi connectivity index (χ3v) is 5.87. The first kappa shape index (κ1) is 23.7. The van der Waals surface area contributed by atoms with Gasteiger partial charge in [0.1, 0.15) is 14.1 Å². The second kappa shape index (κ2) is 9.46. The second-order valence-corrected chi connectivity index (χ2v) is 8.54. The van der Waals surface area contributed by atoms with Gasteiger partial charge in [0.15, 0.2) is 5.71 Å². The summed E-state index contributed by atoms with van der Waals surface area (Å²) in [7, 11) is 6.25. The average molecular weight is 410 g/mol. The molecule has 0 amide bonds. The second-order valence-electron chi connectivity index (χ2n) is 8.54. The van der Waals surface area contributed by atoms with Crippen molar-refractivity contribution in [3.05, 3.63) is 58.7 Å². The first-order valence-electron chi connectivity index (χ1n) is 10.4. The summed E-state index contributed by atoms with van der Waals surface area (Å²) >= 11 is 0. The molecule has 0 saturated carbocycles. The summed E-state index contributed by atoms with van der Waals surface area (Å²) in [6.07, 6.45) is 10.3. The third kappa shape index (κ3) is 4.75. The van der Waals surface area contributed by atoms with E-state index in [4.69, 9.17) is 4.74 Å². The third-order valence-electron chi connectivity index (χ3n) is 5.87. The Hall–Kier alpha value is -2.62. The van der Waals surface area contributed by atoms with Crippen LogP contribution in [-0.2, 0) is 14.9 Å². The highest BCUT2D eigenvalue weighted by atomic mass is 16.5. The van der Waals surface area contributed by atoms with Crippen LogP contribution in [0.4, 0.5) is 5.69 Å². The molecule has 0 aromatic heterocycles. The number of fused-ring (bicyclic) bond motifs is 2. The molecule has 0 unspecified atom stereocenters. The van der Waals surface area contributed by atoms with Gasteiger partial charge in [-0.25, -0.2) is 4.58 Å². The van der Waals surface area contributed by atoms with Gasteiger partial charge in [-0.2, -0.15) is 0 Å². The van der Waals surface area contributed by atoms with Crippen molar-refractivity contribution in [3.63, 3.8) is 0 Å². The lowest BCUT2D eigenvalue weighted by Gasteiger charge is -2.36. The maximum atomic E-state index is 11.6. The molecule has 0 spiro atoms. The number of ether oxygens (including phenoxy) is 1. The molecule has 4 nitrogen and oxygen atoms in total. The zero-order chi connectivity index (χ0) is 21.2. The Kier molecular flexibility index (Phi) is 7.46. The maximum absolute atomic E-state index is 11.6. The lowest BCUT2D eigenvalue weighted by atomic mass is 9.67. The van der Waals surface area contributed by atoms with Crippen molar-refractivity contribution in [2.24, 2.45) is 0 Å². The number of carbonyl (C=O) groups is 1. The van der Waals surface area contributed by atoms with Gasteiger partial charge < -0.3 is 9.64 Å². The van der Waals surface area contributed by atoms with Crippen molar-refractivity contribution >= 4 is 23.4 Å². The molecule has 30 heavy (non-hydrogen) atoms. The first-order valence-corrected chi connectivity index (χ1v) is 10.4. The molecular formula is C26H37N2O2+. The fourth-order valence-electron chi connectivity index (χ4n) is 4.07. The number of allylic oxidation sites excluding steroid dienone is 5. The number of carbonyl (C=O) groups excluding carboxylic acids is 1. The minimum atomic E-state index is -0.115. The summed E-state index contributed by atoms with van der Waals surface area (Å²) in [4.78, 5) is 13.8. The predicted octanol–water partition coefficient (Wildman–Crippen LogP) is 4.99. The molecule has 1 aromatic rings. The molecule has 0 saturated heterocycles. The fourth-order valence-corrected chi connectivity index (χ4v) is 4.07. The number of hydrogen-bond acceptors (Lipinski definition) is 3. The van der Waals surface area contributed by atoms with E-state index < -0.39 is 0 Å². The molecule has 2 aliphatic carbocycles. The van der Waals surface area contributed by atoms with E-state index in [1.807, 2.05) is 6.92 Å². The predicted molar refractivity (Wildman–Crippen MR) is 128 cm³/mol. The zero-order valence-corrected chi connectivity index (χ0v) is 18.6. The fraction of sp³-hybridized carbons (Fsp3) is 0.462. The number of anilines is 1. The van der Waals surface area contributed by atoms with E-state index in [9.17, 15) is 4.79 Å². The van der Waals surface area contributed by atoms with E-state index >= 15 is 0 Å². The zero-order valence-electron chi connectivity index (χ0n) is 18.6. The molecule has 3 rings (SSSR count). The number of rotatable bonds is 6. The van der Waals surface area contributed by atoms with Crippen molar-refractivity contribution in [2.45, 2.75) is 46.5 Å². The standard InChI is InChI=1S/C25H33N2O2.CH4/c1-7-29-24(28)9-8-14-27(6)21-13-11-19-15-18-10-12-20(26(4)5)16-22(18)25(2,3)23(19)17-21;/h10-13,15-17H,7-9,14H2,1-6H3;1H4/q+1;. The number of hydrogen-bond donors (Lipinski definition) is 0.